The maximum Gasteiger partial charge on any atom is 0.137 e. The first kappa shape index (κ1) is 10.8. The molecule has 0 bridgehead atoms. The molecule has 1 heterocycles. The number of methoxy groups -OCH3 is 1. The van der Waals surface area contributed by atoms with E-state index in [9.17, 15) is 0 Å². The molecule has 0 aliphatic carbocycles. The second-order valence-corrected chi connectivity index (χ2v) is 3.62. The first-order valence-electron chi connectivity index (χ1n) is 4.80. The lowest BCUT2D eigenvalue weighted by molar-refractivity contribution is 0.415. The van der Waals surface area contributed by atoms with E-state index in [-0.39, 0.29) is 0 Å². The van der Waals surface area contributed by atoms with Gasteiger partial charge in [0.2, 0.25) is 0 Å². The summed E-state index contributed by atoms with van der Waals surface area (Å²) < 4.78 is 5.08. The molecule has 2 rings (SSSR count). The van der Waals surface area contributed by atoms with Crippen LogP contribution in [0.15, 0.2) is 42.7 Å². The zero-order valence-electron chi connectivity index (χ0n) is 8.77. The summed E-state index contributed by atoms with van der Waals surface area (Å²) in [5.41, 5.74) is 1.88. The van der Waals surface area contributed by atoms with Gasteiger partial charge in [-0.05, 0) is 30.3 Å². The third-order valence-corrected chi connectivity index (χ3v) is 2.42. The number of aromatic nitrogens is 1. The molecule has 2 aromatic rings. The largest absolute Gasteiger partial charge is 0.495 e. The summed E-state index contributed by atoms with van der Waals surface area (Å²) >= 11 is 6.02. The molecule has 0 radical (unpaired) electrons. The average Bonchev–Trinajstić information content (AvgIpc) is 2.31. The van der Waals surface area contributed by atoms with Crippen LogP contribution in [0.25, 0.3) is 0 Å². The van der Waals surface area contributed by atoms with E-state index in [0.717, 1.165) is 11.4 Å². The molecular weight excluding hydrogens is 224 g/mol. The molecular formula is C12H11ClN2O. The highest BCUT2D eigenvalue weighted by Gasteiger charge is 2.01. The number of benzene rings is 1. The van der Waals surface area contributed by atoms with Crippen LogP contribution in [-0.2, 0) is 0 Å². The molecule has 0 fully saturated rings. The number of halogens is 1. The predicted octanol–water partition coefficient (Wildman–Crippen LogP) is 3.49. The molecule has 0 spiro atoms. The molecule has 0 aliphatic heterocycles. The molecule has 4 heteroatoms. The number of anilines is 2. The quantitative estimate of drug-likeness (QED) is 0.883. The average molecular weight is 235 g/mol. The topological polar surface area (TPSA) is 34.1 Å². The van der Waals surface area contributed by atoms with Gasteiger partial charge in [0.15, 0.2) is 0 Å². The second-order valence-electron chi connectivity index (χ2n) is 3.21. The van der Waals surface area contributed by atoms with Crippen LogP contribution in [0.5, 0.6) is 5.75 Å². The highest BCUT2D eigenvalue weighted by Crippen LogP contribution is 2.28. The molecule has 1 aromatic heterocycles. The van der Waals surface area contributed by atoms with Crippen molar-refractivity contribution in [3.8, 4) is 5.75 Å². The van der Waals surface area contributed by atoms with Crippen molar-refractivity contribution >= 4 is 23.0 Å². The molecule has 0 amide bonds. The maximum absolute atomic E-state index is 6.02. The first-order valence-corrected chi connectivity index (χ1v) is 5.18. The number of rotatable bonds is 3. The van der Waals surface area contributed by atoms with E-state index in [1.54, 1.807) is 19.5 Å². The van der Waals surface area contributed by atoms with Crippen LogP contribution >= 0.6 is 11.6 Å². The van der Waals surface area contributed by atoms with Gasteiger partial charge in [0.05, 0.1) is 12.1 Å². The fraction of sp³-hybridized carbons (Fsp3) is 0.0833. The highest BCUT2D eigenvalue weighted by atomic mass is 35.5. The summed E-state index contributed by atoms with van der Waals surface area (Å²) in [6.45, 7) is 0. The normalized spacial score (nSPS) is 9.88. The lowest BCUT2D eigenvalue weighted by Crippen LogP contribution is -1.91. The third-order valence-electron chi connectivity index (χ3n) is 2.12. The number of hydrogen-bond acceptors (Lipinski definition) is 3. The Morgan fingerprint density at radius 3 is 2.50 bits per heavy atom. The Balaban J connectivity index is 2.20. The molecule has 1 aromatic carbocycles. The summed E-state index contributed by atoms with van der Waals surface area (Å²) in [5, 5.41) is 3.80. The zero-order chi connectivity index (χ0) is 11.4. The molecule has 82 valence electrons. The van der Waals surface area contributed by atoms with Crippen molar-refractivity contribution in [2.24, 2.45) is 0 Å². The van der Waals surface area contributed by atoms with Gasteiger partial charge in [-0.3, -0.25) is 4.98 Å². The highest BCUT2D eigenvalue weighted by molar-refractivity contribution is 6.32. The fourth-order valence-corrected chi connectivity index (χ4v) is 1.60. The number of nitrogens with zero attached hydrogens (tertiary/aromatic N) is 1. The van der Waals surface area contributed by atoms with Crippen LogP contribution in [-0.4, -0.2) is 12.1 Å². The summed E-state index contributed by atoms with van der Waals surface area (Å²) in [4.78, 5) is 3.95. The van der Waals surface area contributed by atoms with Crippen molar-refractivity contribution < 1.29 is 4.74 Å². The van der Waals surface area contributed by atoms with E-state index in [4.69, 9.17) is 16.3 Å². The Morgan fingerprint density at radius 1 is 1.12 bits per heavy atom. The van der Waals surface area contributed by atoms with Crippen LogP contribution in [0.2, 0.25) is 5.02 Å². The molecule has 0 saturated carbocycles. The lowest BCUT2D eigenvalue weighted by Gasteiger charge is -2.08. The summed E-state index contributed by atoms with van der Waals surface area (Å²) in [7, 11) is 1.59. The number of hydrogen-bond donors (Lipinski definition) is 1. The zero-order valence-corrected chi connectivity index (χ0v) is 9.53. The van der Waals surface area contributed by atoms with Gasteiger partial charge in [0.25, 0.3) is 0 Å². The van der Waals surface area contributed by atoms with Gasteiger partial charge in [-0.1, -0.05) is 11.6 Å². The van der Waals surface area contributed by atoms with Crippen molar-refractivity contribution in [1.82, 2.24) is 4.98 Å². The molecule has 0 unspecified atom stereocenters. The minimum absolute atomic E-state index is 0.585. The second kappa shape index (κ2) is 4.86. The molecule has 0 atom stereocenters. The minimum Gasteiger partial charge on any atom is -0.495 e. The number of ether oxygens (including phenoxy) is 1. The molecule has 1 N–H and O–H groups in total. The Hall–Kier alpha value is -1.74. The van der Waals surface area contributed by atoms with Gasteiger partial charge in [-0.15, -0.1) is 0 Å². The number of pyridine rings is 1. The smallest absolute Gasteiger partial charge is 0.137 e. The Morgan fingerprint density at radius 2 is 1.88 bits per heavy atom. The van der Waals surface area contributed by atoms with Gasteiger partial charge in [-0.2, -0.15) is 0 Å². The fourth-order valence-electron chi connectivity index (χ4n) is 1.35. The maximum atomic E-state index is 6.02. The van der Waals surface area contributed by atoms with Crippen LogP contribution in [0.3, 0.4) is 0 Å². The van der Waals surface area contributed by atoms with Gasteiger partial charge in [-0.25, -0.2) is 0 Å². The Kier molecular flexibility index (Phi) is 3.27. The Labute approximate surface area is 99.0 Å². The van der Waals surface area contributed by atoms with Gasteiger partial charge < -0.3 is 10.1 Å². The van der Waals surface area contributed by atoms with Crippen molar-refractivity contribution in [1.29, 1.82) is 0 Å². The monoisotopic (exact) mass is 234 g/mol. The van der Waals surface area contributed by atoms with Crippen LogP contribution in [0.4, 0.5) is 11.4 Å². The van der Waals surface area contributed by atoms with Crippen LogP contribution < -0.4 is 10.1 Å². The van der Waals surface area contributed by atoms with E-state index >= 15 is 0 Å². The SMILES string of the molecule is COc1ccc(Nc2ccncc2)cc1Cl. The van der Waals surface area contributed by atoms with Gasteiger partial charge >= 0.3 is 0 Å². The third kappa shape index (κ3) is 2.44. The predicted molar refractivity (Wildman–Crippen MR) is 65.5 cm³/mol. The summed E-state index contributed by atoms with van der Waals surface area (Å²) in [6.07, 6.45) is 3.46. The standard InChI is InChI=1S/C12H11ClN2O/c1-16-12-3-2-10(8-11(12)13)15-9-4-6-14-7-5-9/h2-8H,1H3,(H,14,15). The van der Waals surface area contributed by atoms with Gasteiger partial charge in [0, 0.05) is 23.8 Å². The minimum atomic E-state index is 0.585. The van der Waals surface area contributed by atoms with E-state index in [1.807, 2.05) is 30.3 Å². The molecule has 3 nitrogen and oxygen atoms in total. The van der Waals surface area contributed by atoms with E-state index in [0.29, 0.717) is 10.8 Å². The summed E-state index contributed by atoms with van der Waals surface area (Å²) in [6, 6.07) is 9.33. The molecule has 0 aliphatic rings. The number of nitrogens with one attached hydrogen (secondary N) is 1. The van der Waals surface area contributed by atoms with Crippen LogP contribution in [0.1, 0.15) is 0 Å². The van der Waals surface area contributed by atoms with E-state index < -0.39 is 0 Å². The first-order chi connectivity index (χ1) is 7.79. The van der Waals surface area contributed by atoms with E-state index in [1.165, 1.54) is 0 Å². The van der Waals surface area contributed by atoms with Crippen LogP contribution in [0, 0.1) is 0 Å². The molecule has 16 heavy (non-hydrogen) atoms. The Bertz CT molecular complexity index is 474. The van der Waals surface area contributed by atoms with Crippen molar-refractivity contribution in [2.75, 3.05) is 12.4 Å². The molecule has 0 saturated heterocycles. The summed E-state index contributed by atoms with van der Waals surface area (Å²) in [5.74, 6) is 0.668. The van der Waals surface area contributed by atoms with Gasteiger partial charge in [0.1, 0.15) is 5.75 Å². The van der Waals surface area contributed by atoms with Crippen molar-refractivity contribution in [3.63, 3.8) is 0 Å². The van der Waals surface area contributed by atoms with Crippen molar-refractivity contribution in [2.45, 2.75) is 0 Å². The van der Waals surface area contributed by atoms with E-state index in [2.05, 4.69) is 10.3 Å². The lowest BCUT2D eigenvalue weighted by atomic mass is 10.3. The van der Waals surface area contributed by atoms with Crippen molar-refractivity contribution in [3.05, 3.63) is 47.7 Å².